The normalized spacial score (nSPS) is 38.4. The summed E-state index contributed by atoms with van der Waals surface area (Å²) in [5.74, 6) is 0. The average Bonchev–Trinajstić information content (AvgIpc) is 3.46. The molecule has 7 atom stereocenters. The van der Waals surface area contributed by atoms with Crippen molar-refractivity contribution in [2.24, 2.45) is 0 Å². The predicted molar refractivity (Wildman–Crippen MR) is 133 cm³/mol. The van der Waals surface area contributed by atoms with E-state index in [1.54, 1.807) is 0 Å². The number of fused-ring (bicyclic) bond motifs is 3. The van der Waals surface area contributed by atoms with Crippen LogP contribution in [0.5, 0.6) is 0 Å². The van der Waals surface area contributed by atoms with Gasteiger partial charge in [0, 0.05) is 16.7 Å². The minimum atomic E-state index is -1.60. The molecule has 0 spiro atoms. The lowest BCUT2D eigenvalue weighted by molar-refractivity contribution is -0.216. The van der Waals surface area contributed by atoms with Crippen molar-refractivity contribution >= 4 is 34.8 Å². The van der Waals surface area contributed by atoms with Crippen molar-refractivity contribution in [1.29, 1.82) is 0 Å². The second-order valence-corrected chi connectivity index (χ2v) is 10.3. The maximum absolute atomic E-state index is 6.90. The van der Waals surface area contributed by atoms with Crippen LogP contribution in [-0.2, 0) is 44.2 Å². The molecular formula is C27H23Cl3O6. The Kier molecular flexibility index (Phi) is 6.53. The number of hydrogen-bond donors (Lipinski definition) is 0. The Morgan fingerprint density at radius 2 is 0.806 bits per heavy atom. The third kappa shape index (κ3) is 4.45. The van der Waals surface area contributed by atoms with Crippen molar-refractivity contribution in [3.63, 3.8) is 0 Å². The molecule has 3 aliphatic heterocycles. The molecule has 0 saturated carbocycles. The zero-order valence-electron chi connectivity index (χ0n) is 19.0. The highest BCUT2D eigenvalue weighted by atomic mass is 35.5. The van der Waals surface area contributed by atoms with Crippen molar-refractivity contribution in [2.75, 3.05) is 13.2 Å². The van der Waals surface area contributed by atoms with E-state index in [1.807, 2.05) is 91.0 Å². The first-order valence-corrected chi connectivity index (χ1v) is 12.7. The van der Waals surface area contributed by atoms with Crippen LogP contribution in [0.4, 0.5) is 0 Å². The summed E-state index contributed by atoms with van der Waals surface area (Å²) in [6, 6.07) is 27.8. The van der Waals surface area contributed by atoms with Gasteiger partial charge >= 0.3 is 0 Å². The minimum absolute atomic E-state index is 0.0115. The molecule has 0 bridgehead atoms. The minimum Gasteiger partial charge on any atom is -0.331 e. The Morgan fingerprint density at radius 1 is 0.472 bits per heavy atom. The van der Waals surface area contributed by atoms with E-state index in [0.29, 0.717) is 16.7 Å². The molecule has 3 aromatic rings. The SMILES string of the molecule is ClC1(c2ccccc2)OC[C@@H]2OC(Cl)(c3ccccc3)O[C@@H]2[C@H]2OC(Cl)(c3ccccc3)O[C@@H]2CO1. The van der Waals surface area contributed by atoms with Gasteiger partial charge in [0.2, 0.25) is 0 Å². The van der Waals surface area contributed by atoms with Gasteiger partial charge in [0.05, 0.1) is 13.2 Å². The van der Waals surface area contributed by atoms with Crippen LogP contribution in [0.15, 0.2) is 91.0 Å². The van der Waals surface area contributed by atoms with Gasteiger partial charge in [-0.2, -0.15) is 0 Å². The topological polar surface area (TPSA) is 55.4 Å². The second kappa shape index (κ2) is 9.55. The quantitative estimate of drug-likeness (QED) is 0.388. The standard InChI is InChI=1S/C27H23Cl3O6/c28-25(18-10-4-1-5-11-18)31-16-21-23(35-26(29,33-21)19-12-6-2-7-13-19)24-22(17-32-25)34-27(30,36-24)20-14-8-3-9-15-20/h1-15,21-24H,16-17H2/t21-,22+,23-,24-,25?,26?,27?/m0/s1. The molecule has 3 aromatic carbocycles. The smallest absolute Gasteiger partial charge is 0.277 e. The summed E-state index contributed by atoms with van der Waals surface area (Å²) in [5.41, 5.74) is 1.91. The summed E-state index contributed by atoms with van der Waals surface area (Å²) < 4.78 is 37.5. The van der Waals surface area contributed by atoms with E-state index < -0.39 is 40.2 Å². The highest BCUT2D eigenvalue weighted by molar-refractivity contribution is 6.22. The van der Waals surface area contributed by atoms with E-state index in [0.717, 1.165) is 0 Å². The number of hydrogen-bond acceptors (Lipinski definition) is 6. The maximum Gasteiger partial charge on any atom is 0.277 e. The van der Waals surface area contributed by atoms with Gasteiger partial charge in [0.25, 0.3) is 15.7 Å². The lowest BCUT2D eigenvalue weighted by Crippen LogP contribution is -2.44. The Balaban J connectivity index is 1.37. The summed E-state index contributed by atoms with van der Waals surface area (Å²) >= 11 is 20.7. The molecule has 6 rings (SSSR count). The van der Waals surface area contributed by atoms with E-state index >= 15 is 0 Å². The van der Waals surface area contributed by atoms with E-state index in [2.05, 4.69) is 0 Å². The Hall–Kier alpha value is -1.71. The van der Waals surface area contributed by atoms with Gasteiger partial charge in [-0.15, -0.1) is 0 Å². The Morgan fingerprint density at radius 3 is 1.17 bits per heavy atom. The highest BCUT2D eigenvalue weighted by Crippen LogP contribution is 2.50. The first-order valence-electron chi connectivity index (χ1n) is 11.6. The van der Waals surface area contributed by atoms with Crippen molar-refractivity contribution < 1.29 is 28.4 Å². The molecule has 3 unspecified atom stereocenters. The molecule has 0 radical (unpaired) electrons. The predicted octanol–water partition coefficient (Wildman–Crippen LogP) is 5.75. The van der Waals surface area contributed by atoms with Crippen LogP contribution in [-0.4, -0.2) is 37.6 Å². The monoisotopic (exact) mass is 548 g/mol. The van der Waals surface area contributed by atoms with Gasteiger partial charge in [-0.3, -0.25) is 0 Å². The first-order chi connectivity index (χ1) is 17.4. The molecule has 0 N–H and O–H groups in total. The molecule has 36 heavy (non-hydrogen) atoms. The fourth-order valence-electron chi connectivity index (χ4n) is 4.67. The van der Waals surface area contributed by atoms with E-state index in [1.165, 1.54) is 0 Å². The third-order valence-electron chi connectivity index (χ3n) is 6.46. The molecule has 3 aliphatic rings. The van der Waals surface area contributed by atoms with Gasteiger partial charge in [0.15, 0.2) is 0 Å². The van der Waals surface area contributed by atoms with Crippen LogP contribution in [0.25, 0.3) is 0 Å². The van der Waals surface area contributed by atoms with Gasteiger partial charge in [0.1, 0.15) is 24.4 Å². The molecule has 0 aromatic heterocycles. The van der Waals surface area contributed by atoms with Crippen LogP contribution in [0.1, 0.15) is 16.7 Å². The summed E-state index contributed by atoms with van der Waals surface area (Å²) in [6.07, 6.45) is -2.74. The van der Waals surface area contributed by atoms with Crippen molar-refractivity contribution in [3.05, 3.63) is 108 Å². The second-order valence-electron chi connectivity index (χ2n) is 8.81. The number of rotatable bonds is 3. The molecule has 0 aliphatic carbocycles. The average molecular weight is 550 g/mol. The fourth-order valence-corrected chi connectivity index (χ4v) is 5.61. The summed E-state index contributed by atoms with van der Waals surface area (Å²) in [7, 11) is 0. The molecule has 0 amide bonds. The number of benzene rings is 3. The molecule has 3 fully saturated rings. The van der Waals surface area contributed by atoms with E-state index in [-0.39, 0.29) is 13.2 Å². The Bertz CT molecular complexity index is 1110. The van der Waals surface area contributed by atoms with E-state index in [9.17, 15) is 0 Å². The van der Waals surface area contributed by atoms with Crippen molar-refractivity contribution in [2.45, 2.75) is 40.2 Å². The zero-order valence-corrected chi connectivity index (χ0v) is 21.2. The fraction of sp³-hybridized carbons (Fsp3) is 0.333. The van der Waals surface area contributed by atoms with Gasteiger partial charge in [-0.1, -0.05) is 126 Å². The number of halogens is 3. The third-order valence-corrected chi connectivity index (χ3v) is 7.69. The first kappa shape index (κ1) is 24.6. The number of ether oxygens (including phenoxy) is 6. The van der Waals surface area contributed by atoms with Crippen molar-refractivity contribution in [3.8, 4) is 0 Å². The highest BCUT2D eigenvalue weighted by Gasteiger charge is 2.60. The van der Waals surface area contributed by atoms with Crippen LogP contribution >= 0.6 is 34.8 Å². The molecular weight excluding hydrogens is 527 g/mol. The lowest BCUT2D eigenvalue weighted by atomic mass is 10.0. The van der Waals surface area contributed by atoms with Crippen LogP contribution in [0, 0.1) is 0 Å². The Labute approximate surface area is 223 Å². The largest absolute Gasteiger partial charge is 0.331 e. The maximum atomic E-state index is 6.90. The summed E-state index contributed by atoms with van der Waals surface area (Å²) in [5, 5.41) is -4.71. The molecule has 6 nitrogen and oxygen atoms in total. The molecule has 188 valence electrons. The summed E-state index contributed by atoms with van der Waals surface area (Å²) in [4.78, 5) is 0. The lowest BCUT2D eigenvalue weighted by Gasteiger charge is -2.29. The van der Waals surface area contributed by atoms with Gasteiger partial charge in [-0.25, -0.2) is 0 Å². The molecule has 9 heteroatoms. The van der Waals surface area contributed by atoms with E-state index in [4.69, 9.17) is 63.2 Å². The summed E-state index contributed by atoms with van der Waals surface area (Å²) in [6.45, 7) is 0.0230. The van der Waals surface area contributed by atoms with Crippen molar-refractivity contribution in [1.82, 2.24) is 0 Å². The van der Waals surface area contributed by atoms with Crippen LogP contribution in [0.2, 0.25) is 0 Å². The van der Waals surface area contributed by atoms with Gasteiger partial charge < -0.3 is 28.4 Å². The van der Waals surface area contributed by atoms with Gasteiger partial charge in [-0.05, 0) is 0 Å². The number of alkyl halides is 3. The molecule has 3 heterocycles. The van der Waals surface area contributed by atoms with Crippen LogP contribution in [0.3, 0.4) is 0 Å². The molecule has 3 saturated heterocycles. The van der Waals surface area contributed by atoms with Crippen LogP contribution < -0.4 is 0 Å². The zero-order chi connectivity index (χ0) is 24.8.